The van der Waals surface area contributed by atoms with E-state index < -0.39 is 12.1 Å². The highest BCUT2D eigenvalue weighted by molar-refractivity contribution is 5.72. The molecule has 0 fully saturated rings. The van der Waals surface area contributed by atoms with Gasteiger partial charge in [0.25, 0.3) is 0 Å². The normalized spacial score (nSPS) is 12.3. The number of hydrogen-bond donors (Lipinski definition) is 1. The maximum atomic E-state index is 11.2. The van der Waals surface area contributed by atoms with Crippen LogP contribution < -0.4 is 5.32 Å². The molecular weight excluding hydrogens is 194 g/mol. The van der Waals surface area contributed by atoms with E-state index in [1.54, 1.807) is 0 Å². The van der Waals surface area contributed by atoms with Gasteiger partial charge in [0, 0.05) is 0 Å². The summed E-state index contributed by atoms with van der Waals surface area (Å²) in [7, 11) is 0. The number of carbonyl (C=O) groups is 2. The van der Waals surface area contributed by atoms with Crippen molar-refractivity contribution in [3.8, 4) is 0 Å². The van der Waals surface area contributed by atoms with Crippen LogP contribution in [0.2, 0.25) is 0 Å². The lowest BCUT2D eigenvalue weighted by molar-refractivity contribution is -0.109. The van der Waals surface area contributed by atoms with Crippen molar-refractivity contribution < 1.29 is 14.3 Å². The summed E-state index contributed by atoms with van der Waals surface area (Å²) in [5.74, 6) is 0.371. The van der Waals surface area contributed by atoms with Crippen molar-refractivity contribution in [2.45, 2.75) is 46.1 Å². The van der Waals surface area contributed by atoms with Gasteiger partial charge in [-0.05, 0) is 18.8 Å². The highest BCUT2D eigenvalue weighted by Crippen LogP contribution is 2.03. The predicted octanol–water partition coefficient (Wildman–Crippen LogP) is 2.13. The Balaban J connectivity index is 3.75. The van der Waals surface area contributed by atoms with Crippen LogP contribution in [0.15, 0.2) is 0 Å². The van der Waals surface area contributed by atoms with Crippen LogP contribution in [0, 0.1) is 5.92 Å². The molecule has 88 valence electrons. The molecule has 0 saturated carbocycles. The van der Waals surface area contributed by atoms with Crippen LogP contribution >= 0.6 is 0 Å². The zero-order valence-electron chi connectivity index (χ0n) is 9.79. The minimum Gasteiger partial charge on any atom is -0.450 e. The first kappa shape index (κ1) is 13.9. The van der Waals surface area contributed by atoms with Crippen molar-refractivity contribution in [1.82, 2.24) is 5.32 Å². The fourth-order valence-electron chi connectivity index (χ4n) is 1.16. The molecule has 1 N–H and O–H groups in total. The van der Waals surface area contributed by atoms with Crippen LogP contribution in [0.1, 0.15) is 40.0 Å². The molecule has 0 aromatic carbocycles. The first-order valence-corrected chi connectivity index (χ1v) is 5.48. The standard InChI is InChI=1S/C11H21NO3/c1-4-5-6-15-11(14)12-10(8-13)7-9(2)3/h8-10H,4-7H2,1-3H3,(H,12,14)/t10-/m0/s1. The molecule has 0 bridgehead atoms. The SMILES string of the molecule is CCCCOC(=O)N[C@H](C=O)CC(C)C. The van der Waals surface area contributed by atoms with Gasteiger partial charge in [-0.2, -0.15) is 0 Å². The van der Waals surface area contributed by atoms with Gasteiger partial charge in [-0.15, -0.1) is 0 Å². The third-order valence-electron chi connectivity index (χ3n) is 1.92. The Kier molecular flexibility index (Phi) is 7.68. The fraction of sp³-hybridized carbons (Fsp3) is 0.818. The Labute approximate surface area is 91.4 Å². The first-order valence-electron chi connectivity index (χ1n) is 5.48. The van der Waals surface area contributed by atoms with Crippen molar-refractivity contribution in [1.29, 1.82) is 0 Å². The summed E-state index contributed by atoms with van der Waals surface area (Å²) in [6.45, 7) is 6.44. The Morgan fingerprint density at radius 3 is 2.60 bits per heavy atom. The highest BCUT2D eigenvalue weighted by atomic mass is 16.5. The number of alkyl carbamates (subject to hydrolysis) is 1. The predicted molar refractivity (Wildman–Crippen MR) is 58.7 cm³/mol. The average Bonchev–Trinajstić information content (AvgIpc) is 2.16. The van der Waals surface area contributed by atoms with Crippen molar-refractivity contribution >= 4 is 12.4 Å². The Morgan fingerprint density at radius 1 is 1.47 bits per heavy atom. The van der Waals surface area contributed by atoms with Crippen LogP contribution in [-0.4, -0.2) is 25.0 Å². The van der Waals surface area contributed by atoms with Crippen molar-refractivity contribution in [3.05, 3.63) is 0 Å². The molecule has 1 amide bonds. The van der Waals surface area contributed by atoms with E-state index in [2.05, 4.69) is 5.32 Å². The largest absolute Gasteiger partial charge is 0.450 e. The Morgan fingerprint density at radius 2 is 2.13 bits per heavy atom. The number of amides is 1. The molecule has 1 atom stereocenters. The van der Waals surface area contributed by atoms with Crippen molar-refractivity contribution in [2.75, 3.05) is 6.61 Å². The average molecular weight is 215 g/mol. The lowest BCUT2D eigenvalue weighted by Gasteiger charge is -2.14. The summed E-state index contributed by atoms with van der Waals surface area (Å²) >= 11 is 0. The van der Waals surface area contributed by atoms with E-state index in [1.165, 1.54) is 0 Å². The molecular formula is C11H21NO3. The number of carbonyl (C=O) groups excluding carboxylic acids is 2. The van der Waals surface area contributed by atoms with Gasteiger partial charge in [-0.25, -0.2) is 4.79 Å². The van der Waals surface area contributed by atoms with Gasteiger partial charge in [-0.3, -0.25) is 0 Å². The molecule has 15 heavy (non-hydrogen) atoms. The fourth-order valence-corrected chi connectivity index (χ4v) is 1.16. The number of ether oxygens (including phenoxy) is 1. The Hall–Kier alpha value is -1.06. The monoisotopic (exact) mass is 215 g/mol. The van der Waals surface area contributed by atoms with Gasteiger partial charge in [0.1, 0.15) is 6.29 Å². The summed E-state index contributed by atoms with van der Waals surface area (Å²) in [4.78, 5) is 21.8. The highest BCUT2D eigenvalue weighted by Gasteiger charge is 2.13. The minimum absolute atomic E-state index is 0.371. The van der Waals surface area contributed by atoms with E-state index in [-0.39, 0.29) is 0 Å². The minimum atomic E-state index is -0.499. The van der Waals surface area contributed by atoms with Crippen molar-refractivity contribution in [2.24, 2.45) is 5.92 Å². The van der Waals surface area contributed by atoms with Gasteiger partial charge in [-0.1, -0.05) is 27.2 Å². The molecule has 0 radical (unpaired) electrons. The number of unbranched alkanes of at least 4 members (excludes halogenated alkanes) is 1. The third kappa shape index (κ3) is 7.97. The first-order chi connectivity index (χ1) is 7.10. The van der Waals surface area contributed by atoms with E-state index in [0.29, 0.717) is 18.9 Å². The van der Waals surface area contributed by atoms with Crippen LogP contribution in [0.5, 0.6) is 0 Å². The molecule has 4 heteroatoms. The molecule has 0 heterocycles. The van der Waals surface area contributed by atoms with Crippen molar-refractivity contribution in [3.63, 3.8) is 0 Å². The van der Waals surface area contributed by atoms with Crippen LogP contribution in [0.25, 0.3) is 0 Å². The molecule has 0 aliphatic carbocycles. The molecule has 0 aliphatic rings. The second-order valence-electron chi connectivity index (χ2n) is 4.01. The zero-order valence-corrected chi connectivity index (χ0v) is 9.79. The van der Waals surface area contributed by atoms with Gasteiger partial charge in [0.15, 0.2) is 0 Å². The molecule has 0 aliphatic heterocycles. The molecule has 0 unspecified atom stereocenters. The van der Waals surface area contributed by atoms with Crippen LogP contribution in [0.4, 0.5) is 4.79 Å². The number of rotatable bonds is 7. The Bertz CT molecular complexity index is 192. The van der Waals surface area contributed by atoms with Gasteiger partial charge < -0.3 is 14.8 Å². The molecule has 0 aromatic rings. The molecule has 0 saturated heterocycles. The number of hydrogen-bond acceptors (Lipinski definition) is 3. The maximum Gasteiger partial charge on any atom is 0.407 e. The number of nitrogens with one attached hydrogen (secondary N) is 1. The summed E-state index contributed by atoms with van der Waals surface area (Å²) in [5.41, 5.74) is 0. The topological polar surface area (TPSA) is 55.4 Å². The smallest absolute Gasteiger partial charge is 0.407 e. The van der Waals surface area contributed by atoms with E-state index in [0.717, 1.165) is 19.1 Å². The zero-order chi connectivity index (χ0) is 11.7. The quantitative estimate of drug-likeness (QED) is 0.523. The number of aldehydes is 1. The van der Waals surface area contributed by atoms with E-state index in [4.69, 9.17) is 4.74 Å². The maximum absolute atomic E-state index is 11.2. The lowest BCUT2D eigenvalue weighted by Crippen LogP contribution is -2.37. The van der Waals surface area contributed by atoms with Gasteiger partial charge >= 0.3 is 6.09 Å². The summed E-state index contributed by atoms with van der Waals surface area (Å²) in [5, 5.41) is 2.53. The second-order valence-corrected chi connectivity index (χ2v) is 4.01. The van der Waals surface area contributed by atoms with Crippen LogP contribution in [0.3, 0.4) is 0 Å². The molecule has 0 aromatic heterocycles. The summed E-state index contributed by atoms with van der Waals surface area (Å²) < 4.78 is 4.89. The van der Waals surface area contributed by atoms with E-state index in [1.807, 2.05) is 20.8 Å². The summed E-state index contributed by atoms with van der Waals surface area (Å²) in [6.07, 6.45) is 2.73. The second kappa shape index (κ2) is 8.26. The third-order valence-corrected chi connectivity index (χ3v) is 1.92. The van der Waals surface area contributed by atoms with E-state index >= 15 is 0 Å². The van der Waals surface area contributed by atoms with E-state index in [9.17, 15) is 9.59 Å². The van der Waals surface area contributed by atoms with Gasteiger partial charge in [0.2, 0.25) is 0 Å². The summed E-state index contributed by atoms with van der Waals surface area (Å²) in [6, 6.07) is -0.431. The molecule has 0 rings (SSSR count). The van der Waals surface area contributed by atoms with Crippen LogP contribution in [-0.2, 0) is 9.53 Å². The molecule has 4 nitrogen and oxygen atoms in total. The van der Waals surface area contributed by atoms with Gasteiger partial charge in [0.05, 0.1) is 12.6 Å². The lowest BCUT2D eigenvalue weighted by atomic mass is 10.1. The molecule has 0 spiro atoms.